The molecule has 5 aromatic rings. The minimum Gasteiger partial charge on any atom is -0.506 e. The van der Waals surface area contributed by atoms with Crippen LogP contribution in [-0.2, 0) is 0 Å². The lowest BCUT2D eigenvalue weighted by Gasteiger charge is -2.10. The Kier molecular flexibility index (Phi) is 5.05. The summed E-state index contributed by atoms with van der Waals surface area (Å²) in [6.45, 7) is 0. The number of aromatic hydroxyl groups is 1. The average Bonchev–Trinajstić information content (AvgIpc) is 3.26. The number of carbonyl (C=O) groups excluding carboxylic acids is 1. The number of amides is 1. The number of rotatable bonds is 4. The van der Waals surface area contributed by atoms with Gasteiger partial charge in [-0.15, -0.1) is 0 Å². The van der Waals surface area contributed by atoms with Crippen LogP contribution in [0.3, 0.4) is 0 Å². The number of halogens is 1. The van der Waals surface area contributed by atoms with Gasteiger partial charge < -0.3 is 10.4 Å². The molecule has 5 rings (SSSR count). The van der Waals surface area contributed by atoms with Gasteiger partial charge in [0, 0.05) is 16.1 Å². The molecular formula is C25H17ClN4O2. The molecule has 0 fully saturated rings. The Morgan fingerprint density at radius 3 is 2.31 bits per heavy atom. The van der Waals surface area contributed by atoms with Gasteiger partial charge in [-0.2, -0.15) is 5.10 Å². The van der Waals surface area contributed by atoms with Crippen molar-refractivity contribution in [2.45, 2.75) is 0 Å². The Bertz CT molecular complexity index is 1430. The van der Waals surface area contributed by atoms with E-state index in [1.807, 2.05) is 66.7 Å². The quantitative estimate of drug-likeness (QED) is 0.352. The Morgan fingerprint density at radius 1 is 0.906 bits per heavy atom. The molecule has 7 heteroatoms. The van der Waals surface area contributed by atoms with Gasteiger partial charge in [-0.05, 0) is 24.3 Å². The van der Waals surface area contributed by atoms with Crippen LogP contribution >= 0.6 is 11.6 Å². The summed E-state index contributed by atoms with van der Waals surface area (Å²) in [5, 5.41) is 17.6. The van der Waals surface area contributed by atoms with Crippen molar-refractivity contribution in [3.63, 3.8) is 0 Å². The molecule has 32 heavy (non-hydrogen) atoms. The normalized spacial score (nSPS) is 10.9. The van der Waals surface area contributed by atoms with Gasteiger partial charge in [0.1, 0.15) is 11.3 Å². The van der Waals surface area contributed by atoms with Crippen molar-refractivity contribution in [2.75, 3.05) is 5.32 Å². The molecule has 0 spiro atoms. The van der Waals surface area contributed by atoms with E-state index in [0.717, 1.165) is 22.5 Å². The van der Waals surface area contributed by atoms with Crippen LogP contribution in [0.1, 0.15) is 10.4 Å². The minimum atomic E-state index is -0.450. The summed E-state index contributed by atoms with van der Waals surface area (Å²) >= 11 is 6.01. The molecule has 0 saturated heterocycles. The third-order valence-corrected chi connectivity index (χ3v) is 5.30. The van der Waals surface area contributed by atoms with Crippen LogP contribution in [0, 0.1) is 0 Å². The first-order valence-electron chi connectivity index (χ1n) is 9.89. The van der Waals surface area contributed by atoms with Crippen molar-refractivity contribution in [3.05, 3.63) is 102 Å². The molecular weight excluding hydrogens is 424 g/mol. The van der Waals surface area contributed by atoms with E-state index in [1.54, 1.807) is 10.6 Å². The van der Waals surface area contributed by atoms with E-state index in [1.165, 1.54) is 18.3 Å². The molecule has 3 aromatic carbocycles. The first kappa shape index (κ1) is 19.8. The number of phenolic OH excluding ortho intramolecular Hbond substituents is 1. The minimum absolute atomic E-state index is 0.0814. The summed E-state index contributed by atoms with van der Waals surface area (Å²) in [5.41, 5.74) is 4.29. The number of nitrogens with zero attached hydrogens (tertiary/aromatic N) is 3. The van der Waals surface area contributed by atoms with E-state index in [2.05, 4.69) is 10.4 Å². The summed E-state index contributed by atoms with van der Waals surface area (Å²) in [6.07, 6.45) is 1.47. The molecule has 0 saturated carbocycles. The molecule has 6 nitrogen and oxygen atoms in total. The van der Waals surface area contributed by atoms with Crippen LogP contribution in [0.2, 0.25) is 5.02 Å². The van der Waals surface area contributed by atoms with Gasteiger partial charge in [-0.1, -0.05) is 72.3 Å². The van der Waals surface area contributed by atoms with Crippen molar-refractivity contribution in [1.82, 2.24) is 14.6 Å². The third-order valence-electron chi connectivity index (χ3n) is 5.06. The highest BCUT2D eigenvalue weighted by Gasteiger charge is 2.19. The zero-order chi connectivity index (χ0) is 22.1. The zero-order valence-corrected chi connectivity index (χ0v) is 17.5. The van der Waals surface area contributed by atoms with Crippen LogP contribution in [0.15, 0.2) is 91.1 Å². The summed E-state index contributed by atoms with van der Waals surface area (Å²) in [4.78, 5) is 17.8. The number of anilines is 1. The SMILES string of the molecule is O=C(Nc1cc(Cl)ccc1O)c1cnn2c(-c3ccccc3)cc(-c3ccccc3)nc12. The fourth-order valence-corrected chi connectivity index (χ4v) is 3.66. The second-order valence-corrected chi connectivity index (χ2v) is 7.60. The van der Waals surface area contributed by atoms with Crippen molar-refractivity contribution >= 4 is 28.8 Å². The lowest BCUT2D eigenvalue weighted by Crippen LogP contribution is -2.12. The highest BCUT2D eigenvalue weighted by molar-refractivity contribution is 6.31. The van der Waals surface area contributed by atoms with Crippen LogP contribution in [0.5, 0.6) is 5.75 Å². The maximum Gasteiger partial charge on any atom is 0.261 e. The van der Waals surface area contributed by atoms with Crippen LogP contribution < -0.4 is 5.32 Å². The molecule has 2 N–H and O–H groups in total. The number of aromatic nitrogens is 3. The Morgan fingerprint density at radius 2 is 1.59 bits per heavy atom. The van der Waals surface area contributed by atoms with Gasteiger partial charge in [0.2, 0.25) is 0 Å². The molecule has 2 heterocycles. The monoisotopic (exact) mass is 440 g/mol. The molecule has 1 amide bonds. The van der Waals surface area contributed by atoms with E-state index >= 15 is 0 Å². The van der Waals surface area contributed by atoms with E-state index in [9.17, 15) is 9.90 Å². The second-order valence-electron chi connectivity index (χ2n) is 7.17. The van der Waals surface area contributed by atoms with Crippen LogP contribution in [-0.4, -0.2) is 25.6 Å². The van der Waals surface area contributed by atoms with Gasteiger partial charge in [0.15, 0.2) is 5.65 Å². The number of benzene rings is 3. The summed E-state index contributed by atoms with van der Waals surface area (Å²) in [6, 6.07) is 26.0. The smallest absolute Gasteiger partial charge is 0.261 e. The van der Waals surface area contributed by atoms with Gasteiger partial charge in [0.05, 0.1) is 23.3 Å². The van der Waals surface area contributed by atoms with E-state index < -0.39 is 5.91 Å². The first-order valence-corrected chi connectivity index (χ1v) is 10.3. The molecule has 0 atom stereocenters. The maximum absolute atomic E-state index is 13.1. The molecule has 0 aliphatic rings. The van der Waals surface area contributed by atoms with E-state index in [0.29, 0.717) is 10.7 Å². The summed E-state index contributed by atoms with van der Waals surface area (Å²) < 4.78 is 1.65. The predicted molar refractivity (Wildman–Crippen MR) is 125 cm³/mol. The third kappa shape index (κ3) is 3.68. The van der Waals surface area contributed by atoms with E-state index in [-0.39, 0.29) is 17.0 Å². The Hall–Kier alpha value is -4.16. The highest BCUT2D eigenvalue weighted by atomic mass is 35.5. The number of hydrogen-bond donors (Lipinski definition) is 2. The van der Waals surface area contributed by atoms with Crippen molar-refractivity contribution in [1.29, 1.82) is 0 Å². The topological polar surface area (TPSA) is 79.5 Å². The van der Waals surface area contributed by atoms with Gasteiger partial charge in [0.25, 0.3) is 5.91 Å². The van der Waals surface area contributed by atoms with Gasteiger partial charge >= 0.3 is 0 Å². The predicted octanol–water partition coefficient (Wildman–Crippen LogP) is 5.67. The van der Waals surface area contributed by atoms with Gasteiger partial charge in [-0.25, -0.2) is 9.50 Å². The fraction of sp³-hybridized carbons (Fsp3) is 0. The van der Waals surface area contributed by atoms with Crippen LogP contribution in [0.25, 0.3) is 28.2 Å². The van der Waals surface area contributed by atoms with Crippen LogP contribution in [0.4, 0.5) is 5.69 Å². The largest absolute Gasteiger partial charge is 0.506 e. The lowest BCUT2D eigenvalue weighted by atomic mass is 10.1. The molecule has 0 bridgehead atoms. The number of carbonyl (C=O) groups is 1. The van der Waals surface area contributed by atoms with Crippen molar-refractivity contribution in [3.8, 4) is 28.3 Å². The maximum atomic E-state index is 13.1. The van der Waals surface area contributed by atoms with Crippen molar-refractivity contribution in [2.24, 2.45) is 0 Å². The number of phenols is 1. The van der Waals surface area contributed by atoms with Gasteiger partial charge in [-0.3, -0.25) is 4.79 Å². The molecule has 0 aliphatic heterocycles. The second kappa shape index (κ2) is 8.17. The fourth-order valence-electron chi connectivity index (χ4n) is 3.49. The van der Waals surface area contributed by atoms with Crippen molar-refractivity contribution < 1.29 is 9.90 Å². The molecule has 2 aromatic heterocycles. The first-order chi connectivity index (χ1) is 15.6. The lowest BCUT2D eigenvalue weighted by molar-refractivity contribution is 0.102. The Balaban J connectivity index is 1.66. The highest BCUT2D eigenvalue weighted by Crippen LogP contribution is 2.29. The number of nitrogens with one attached hydrogen (secondary N) is 1. The molecule has 156 valence electrons. The zero-order valence-electron chi connectivity index (χ0n) is 16.7. The summed E-state index contributed by atoms with van der Waals surface area (Å²) in [5.74, 6) is -0.531. The summed E-state index contributed by atoms with van der Waals surface area (Å²) in [7, 11) is 0. The average molecular weight is 441 g/mol. The number of fused-ring (bicyclic) bond motifs is 1. The molecule has 0 aliphatic carbocycles. The Labute approximate surface area is 188 Å². The standard InChI is InChI=1S/C25H17ClN4O2/c26-18-11-12-23(31)21(13-18)29-25(32)19-15-27-30-22(17-9-5-2-6-10-17)14-20(28-24(19)30)16-7-3-1-4-8-16/h1-15,31H,(H,29,32). The molecule has 0 radical (unpaired) electrons. The molecule has 0 unspecified atom stereocenters. The van der Waals surface area contributed by atoms with E-state index in [4.69, 9.17) is 16.6 Å². The number of hydrogen-bond acceptors (Lipinski definition) is 4.